The second-order valence-corrected chi connectivity index (χ2v) is 7.55. The second-order valence-electron chi connectivity index (χ2n) is 7.14. The van der Waals surface area contributed by atoms with Gasteiger partial charge < -0.3 is 14.4 Å². The molecule has 0 spiro atoms. The van der Waals surface area contributed by atoms with Crippen LogP contribution < -0.4 is 10.3 Å². The standard InChI is InChI=1S/C23H20ClN3O4/c24-20-9-5-16(13-19(20)23(29)30)21-10-8-18(31-21)14-25-26-22(28)15-3-6-17(7-4-15)27-11-1-2-12-27/h3-10,13-14H,1-2,11-12H2,(H,26,28)(H,29,30)/b25-14+. The van der Waals surface area contributed by atoms with Crippen molar-refractivity contribution in [2.45, 2.75) is 12.8 Å². The lowest BCUT2D eigenvalue weighted by Gasteiger charge is -2.17. The van der Waals surface area contributed by atoms with Gasteiger partial charge in [-0.2, -0.15) is 5.10 Å². The molecule has 0 radical (unpaired) electrons. The van der Waals surface area contributed by atoms with Gasteiger partial charge in [-0.3, -0.25) is 4.79 Å². The molecule has 1 aromatic heterocycles. The number of amides is 1. The Balaban J connectivity index is 1.38. The van der Waals surface area contributed by atoms with Crippen molar-refractivity contribution in [3.05, 3.63) is 76.5 Å². The normalized spacial score (nSPS) is 13.6. The number of hydrogen-bond donors (Lipinski definition) is 2. The quantitative estimate of drug-likeness (QED) is 0.432. The number of rotatable bonds is 6. The van der Waals surface area contributed by atoms with E-state index in [1.165, 1.54) is 31.2 Å². The lowest BCUT2D eigenvalue weighted by atomic mass is 10.1. The van der Waals surface area contributed by atoms with Crippen LogP contribution in [0.25, 0.3) is 11.3 Å². The maximum absolute atomic E-state index is 12.3. The molecule has 1 aliphatic rings. The number of carbonyl (C=O) groups is 2. The number of nitrogens with one attached hydrogen (secondary N) is 1. The first-order valence-corrected chi connectivity index (χ1v) is 10.2. The summed E-state index contributed by atoms with van der Waals surface area (Å²) >= 11 is 5.90. The fourth-order valence-electron chi connectivity index (χ4n) is 3.44. The van der Waals surface area contributed by atoms with Gasteiger partial charge in [0.1, 0.15) is 11.5 Å². The highest BCUT2D eigenvalue weighted by Gasteiger charge is 2.14. The maximum Gasteiger partial charge on any atom is 0.337 e. The summed E-state index contributed by atoms with van der Waals surface area (Å²) in [6, 6.07) is 15.4. The smallest absolute Gasteiger partial charge is 0.337 e. The average molecular weight is 438 g/mol. The monoisotopic (exact) mass is 437 g/mol. The Hall–Kier alpha value is -3.58. The number of hydrogen-bond acceptors (Lipinski definition) is 5. The van der Waals surface area contributed by atoms with Crippen molar-refractivity contribution in [2.75, 3.05) is 18.0 Å². The third-order valence-electron chi connectivity index (χ3n) is 5.07. The van der Waals surface area contributed by atoms with Crippen LogP contribution in [-0.2, 0) is 0 Å². The van der Waals surface area contributed by atoms with Gasteiger partial charge in [-0.05, 0) is 67.4 Å². The third-order valence-corrected chi connectivity index (χ3v) is 5.40. The minimum absolute atomic E-state index is 0.00574. The molecule has 2 aromatic carbocycles. The van der Waals surface area contributed by atoms with Crippen LogP contribution in [0.3, 0.4) is 0 Å². The number of benzene rings is 2. The van der Waals surface area contributed by atoms with E-state index in [-0.39, 0.29) is 16.5 Å². The minimum atomic E-state index is -1.11. The van der Waals surface area contributed by atoms with E-state index < -0.39 is 5.97 Å². The molecular formula is C23H20ClN3O4. The molecule has 4 rings (SSSR count). The summed E-state index contributed by atoms with van der Waals surface area (Å²) in [5, 5.41) is 13.3. The molecule has 0 unspecified atom stereocenters. The molecular weight excluding hydrogens is 418 g/mol. The van der Waals surface area contributed by atoms with Gasteiger partial charge in [-0.1, -0.05) is 11.6 Å². The zero-order valence-electron chi connectivity index (χ0n) is 16.5. The molecule has 0 saturated carbocycles. The Morgan fingerprint density at radius 2 is 1.81 bits per heavy atom. The van der Waals surface area contributed by atoms with E-state index in [9.17, 15) is 14.7 Å². The third kappa shape index (κ3) is 4.78. The first-order chi connectivity index (χ1) is 15.0. The molecule has 1 amide bonds. The summed E-state index contributed by atoms with van der Waals surface area (Å²) in [5.41, 5.74) is 4.68. The number of halogens is 1. The Labute approximate surface area is 183 Å². The van der Waals surface area contributed by atoms with Crippen molar-refractivity contribution in [3.63, 3.8) is 0 Å². The van der Waals surface area contributed by atoms with E-state index in [1.807, 2.05) is 12.1 Å². The summed E-state index contributed by atoms with van der Waals surface area (Å²) < 4.78 is 5.66. The summed E-state index contributed by atoms with van der Waals surface area (Å²) in [6.45, 7) is 2.10. The van der Waals surface area contributed by atoms with Crippen molar-refractivity contribution in [2.24, 2.45) is 5.10 Å². The topological polar surface area (TPSA) is 95.1 Å². The van der Waals surface area contributed by atoms with Crippen LogP contribution in [0.1, 0.15) is 39.3 Å². The highest BCUT2D eigenvalue weighted by Crippen LogP contribution is 2.26. The fourth-order valence-corrected chi connectivity index (χ4v) is 3.64. The van der Waals surface area contributed by atoms with Crippen LogP contribution in [-0.4, -0.2) is 36.3 Å². The summed E-state index contributed by atoms with van der Waals surface area (Å²) in [7, 11) is 0. The molecule has 158 valence electrons. The Morgan fingerprint density at radius 3 is 2.52 bits per heavy atom. The number of hydrazone groups is 1. The molecule has 1 aliphatic heterocycles. The number of aromatic carboxylic acids is 1. The van der Waals surface area contributed by atoms with Crippen LogP contribution in [0.2, 0.25) is 5.02 Å². The molecule has 8 heteroatoms. The van der Waals surface area contributed by atoms with Gasteiger partial charge >= 0.3 is 5.97 Å². The molecule has 0 bridgehead atoms. The Morgan fingerprint density at radius 1 is 1.06 bits per heavy atom. The minimum Gasteiger partial charge on any atom is -0.478 e. The molecule has 7 nitrogen and oxygen atoms in total. The van der Waals surface area contributed by atoms with E-state index in [4.69, 9.17) is 16.0 Å². The largest absolute Gasteiger partial charge is 0.478 e. The number of furan rings is 1. The summed E-state index contributed by atoms with van der Waals surface area (Å²) in [4.78, 5) is 25.8. The number of carboxylic acid groups (broad SMARTS) is 1. The first kappa shape index (κ1) is 20.7. The van der Waals surface area contributed by atoms with Crippen LogP contribution in [0.15, 0.2) is 64.1 Å². The zero-order chi connectivity index (χ0) is 21.8. The van der Waals surface area contributed by atoms with Gasteiger partial charge in [0.15, 0.2) is 0 Å². The van der Waals surface area contributed by atoms with E-state index in [2.05, 4.69) is 15.4 Å². The van der Waals surface area contributed by atoms with E-state index >= 15 is 0 Å². The van der Waals surface area contributed by atoms with Crippen LogP contribution in [0, 0.1) is 0 Å². The Kier molecular flexibility index (Phi) is 6.04. The SMILES string of the molecule is O=C(N/N=C/c1ccc(-c2ccc(Cl)c(C(=O)O)c2)o1)c1ccc(N2CCCC2)cc1. The average Bonchev–Trinajstić information content (AvgIpc) is 3.46. The molecule has 3 aromatic rings. The van der Waals surface area contributed by atoms with Crippen molar-refractivity contribution in [3.8, 4) is 11.3 Å². The number of carbonyl (C=O) groups excluding carboxylic acids is 1. The maximum atomic E-state index is 12.3. The zero-order valence-corrected chi connectivity index (χ0v) is 17.3. The predicted molar refractivity (Wildman–Crippen MR) is 119 cm³/mol. The highest BCUT2D eigenvalue weighted by molar-refractivity contribution is 6.33. The summed E-state index contributed by atoms with van der Waals surface area (Å²) in [5.74, 6) is -0.563. The molecule has 31 heavy (non-hydrogen) atoms. The molecule has 2 N–H and O–H groups in total. The second kappa shape index (κ2) is 9.06. The van der Waals surface area contributed by atoms with Gasteiger partial charge in [0, 0.05) is 29.9 Å². The Bertz CT molecular complexity index is 1130. The van der Waals surface area contributed by atoms with Gasteiger partial charge in [0.2, 0.25) is 0 Å². The van der Waals surface area contributed by atoms with Gasteiger partial charge in [-0.15, -0.1) is 0 Å². The van der Waals surface area contributed by atoms with Gasteiger partial charge in [0.05, 0.1) is 16.8 Å². The lowest BCUT2D eigenvalue weighted by molar-refractivity contribution is 0.0697. The van der Waals surface area contributed by atoms with Crippen molar-refractivity contribution < 1.29 is 19.1 Å². The van der Waals surface area contributed by atoms with E-state index in [1.54, 1.807) is 30.3 Å². The fraction of sp³-hybridized carbons (Fsp3) is 0.174. The van der Waals surface area contributed by atoms with Crippen molar-refractivity contribution in [1.29, 1.82) is 0 Å². The van der Waals surface area contributed by atoms with Gasteiger partial charge in [0.25, 0.3) is 5.91 Å². The van der Waals surface area contributed by atoms with Crippen LogP contribution >= 0.6 is 11.6 Å². The molecule has 2 heterocycles. The van der Waals surface area contributed by atoms with Crippen LogP contribution in [0.5, 0.6) is 0 Å². The molecule has 0 atom stereocenters. The summed E-state index contributed by atoms with van der Waals surface area (Å²) in [6.07, 6.45) is 3.78. The predicted octanol–water partition coefficient (Wildman–Crippen LogP) is 4.66. The van der Waals surface area contributed by atoms with Gasteiger partial charge in [-0.25, -0.2) is 10.2 Å². The molecule has 1 fully saturated rings. The number of nitrogens with zero attached hydrogens (tertiary/aromatic N) is 2. The first-order valence-electron chi connectivity index (χ1n) is 9.83. The van der Waals surface area contributed by atoms with Crippen molar-refractivity contribution in [1.82, 2.24) is 5.43 Å². The number of carboxylic acids is 1. The lowest BCUT2D eigenvalue weighted by Crippen LogP contribution is -2.19. The molecule has 1 saturated heterocycles. The molecule has 0 aliphatic carbocycles. The van der Waals surface area contributed by atoms with Crippen molar-refractivity contribution >= 4 is 35.4 Å². The van der Waals surface area contributed by atoms with E-state index in [0.717, 1.165) is 18.8 Å². The van der Waals surface area contributed by atoms with E-state index in [0.29, 0.717) is 22.6 Å². The van der Waals surface area contributed by atoms with Crippen LogP contribution in [0.4, 0.5) is 5.69 Å². The number of anilines is 1. The highest BCUT2D eigenvalue weighted by atomic mass is 35.5.